The van der Waals surface area contributed by atoms with Crippen LogP contribution >= 0.6 is 11.3 Å². The van der Waals surface area contributed by atoms with E-state index in [-0.39, 0.29) is 11.4 Å². The van der Waals surface area contributed by atoms with Crippen LogP contribution in [0.25, 0.3) is 0 Å². The fourth-order valence-corrected chi connectivity index (χ4v) is 2.23. The third-order valence-corrected chi connectivity index (χ3v) is 3.46. The summed E-state index contributed by atoms with van der Waals surface area (Å²) in [7, 11) is 0. The normalized spacial score (nSPS) is 11.2. The molecule has 18 heavy (non-hydrogen) atoms. The number of hydrogen-bond acceptors (Lipinski definition) is 6. The molecule has 2 heterocycles. The fraction of sp³-hybridized carbons (Fsp3) is 0.273. The molecule has 0 spiro atoms. The SMILES string of the molecule is CC(C)(Nc1ccc([N+](=O)[O-])nc1)c1nccs1. The highest BCUT2D eigenvalue weighted by Crippen LogP contribution is 2.27. The van der Waals surface area contributed by atoms with E-state index >= 15 is 0 Å². The highest BCUT2D eigenvalue weighted by molar-refractivity contribution is 7.09. The zero-order valence-electron chi connectivity index (χ0n) is 9.95. The molecular weight excluding hydrogens is 252 g/mol. The van der Waals surface area contributed by atoms with Gasteiger partial charge in [0.15, 0.2) is 6.20 Å². The molecule has 6 nitrogen and oxygen atoms in total. The van der Waals surface area contributed by atoms with Gasteiger partial charge < -0.3 is 15.4 Å². The van der Waals surface area contributed by atoms with Crippen molar-refractivity contribution < 1.29 is 4.92 Å². The third kappa shape index (κ3) is 2.62. The van der Waals surface area contributed by atoms with Crippen LogP contribution in [0.1, 0.15) is 18.9 Å². The summed E-state index contributed by atoms with van der Waals surface area (Å²) in [6.45, 7) is 3.99. The summed E-state index contributed by atoms with van der Waals surface area (Å²) in [5.74, 6) is -0.160. The molecule has 0 aromatic carbocycles. The summed E-state index contributed by atoms with van der Waals surface area (Å²) in [5.41, 5.74) is 0.382. The summed E-state index contributed by atoms with van der Waals surface area (Å²) in [6.07, 6.45) is 3.20. The van der Waals surface area contributed by atoms with E-state index in [0.717, 1.165) is 10.7 Å². The van der Waals surface area contributed by atoms with E-state index in [1.807, 2.05) is 19.2 Å². The lowest BCUT2D eigenvalue weighted by molar-refractivity contribution is -0.389. The van der Waals surface area contributed by atoms with Crippen LogP contribution in [0.15, 0.2) is 29.9 Å². The molecule has 2 aromatic rings. The van der Waals surface area contributed by atoms with Crippen LogP contribution in [0.4, 0.5) is 11.5 Å². The van der Waals surface area contributed by atoms with Gasteiger partial charge in [-0.15, -0.1) is 11.3 Å². The van der Waals surface area contributed by atoms with Crippen LogP contribution < -0.4 is 5.32 Å². The van der Waals surface area contributed by atoms with Gasteiger partial charge in [0.25, 0.3) is 0 Å². The van der Waals surface area contributed by atoms with Gasteiger partial charge >= 0.3 is 5.82 Å². The van der Waals surface area contributed by atoms with Gasteiger partial charge in [-0.05, 0) is 29.8 Å². The van der Waals surface area contributed by atoms with E-state index in [2.05, 4.69) is 15.3 Å². The number of nitrogens with one attached hydrogen (secondary N) is 1. The Kier molecular flexibility index (Phi) is 3.24. The van der Waals surface area contributed by atoms with Gasteiger partial charge in [0.05, 0.1) is 11.2 Å². The van der Waals surface area contributed by atoms with Crippen molar-refractivity contribution in [1.29, 1.82) is 0 Å². The average molecular weight is 264 g/mol. The highest BCUT2D eigenvalue weighted by atomic mass is 32.1. The molecule has 0 fully saturated rings. The second-order valence-electron chi connectivity index (χ2n) is 4.25. The number of nitrogens with zero attached hydrogens (tertiary/aromatic N) is 3. The van der Waals surface area contributed by atoms with Crippen molar-refractivity contribution in [3.05, 3.63) is 45.0 Å². The Morgan fingerprint density at radius 3 is 2.67 bits per heavy atom. The van der Waals surface area contributed by atoms with Crippen LogP contribution in [0.2, 0.25) is 0 Å². The summed E-state index contributed by atoms with van der Waals surface area (Å²) in [4.78, 5) is 18.0. The molecular formula is C11H12N4O2S. The van der Waals surface area contributed by atoms with Crippen molar-refractivity contribution in [2.24, 2.45) is 0 Å². The van der Waals surface area contributed by atoms with E-state index < -0.39 is 4.92 Å². The van der Waals surface area contributed by atoms with Crippen LogP contribution in [0.3, 0.4) is 0 Å². The molecule has 94 valence electrons. The van der Waals surface area contributed by atoms with E-state index in [1.165, 1.54) is 12.3 Å². The number of pyridine rings is 1. The molecule has 2 rings (SSSR count). The lowest BCUT2D eigenvalue weighted by atomic mass is 10.1. The molecule has 0 bridgehead atoms. The second-order valence-corrected chi connectivity index (χ2v) is 5.14. The van der Waals surface area contributed by atoms with E-state index in [0.29, 0.717) is 0 Å². The molecule has 0 radical (unpaired) electrons. The molecule has 0 atom stereocenters. The summed E-state index contributed by atoms with van der Waals surface area (Å²) < 4.78 is 0. The maximum atomic E-state index is 10.5. The predicted octanol–water partition coefficient (Wildman–Crippen LogP) is 2.79. The Hall–Kier alpha value is -2.02. The molecule has 0 amide bonds. The lowest BCUT2D eigenvalue weighted by Gasteiger charge is -2.24. The van der Waals surface area contributed by atoms with Crippen molar-refractivity contribution in [2.45, 2.75) is 19.4 Å². The minimum atomic E-state index is -0.518. The maximum Gasteiger partial charge on any atom is 0.363 e. The number of hydrogen-bond donors (Lipinski definition) is 1. The Bertz CT molecular complexity index is 537. The number of nitro groups is 1. The van der Waals surface area contributed by atoms with Gasteiger partial charge in [-0.2, -0.15) is 0 Å². The van der Waals surface area contributed by atoms with Crippen molar-refractivity contribution >= 4 is 22.8 Å². The number of thiazole rings is 1. The third-order valence-electron chi connectivity index (χ3n) is 2.36. The molecule has 0 saturated heterocycles. The monoisotopic (exact) mass is 264 g/mol. The zero-order chi connectivity index (χ0) is 13.2. The van der Waals surface area contributed by atoms with Crippen LogP contribution in [0, 0.1) is 10.1 Å². The van der Waals surface area contributed by atoms with Crippen molar-refractivity contribution in [1.82, 2.24) is 9.97 Å². The van der Waals surface area contributed by atoms with E-state index in [1.54, 1.807) is 23.6 Å². The number of aromatic nitrogens is 2. The maximum absolute atomic E-state index is 10.5. The number of anilines is 1. The highest BCUT2D eigenvalue weighted by Gasteiger charge is 2.23. The average Bonchev–Trinajstić information content (AvgIpc) is 2.83. The Morgan fingerprint density at radius 2 is 2.17 bits per heavy atom. The molecule has 7 heteroatoms. The summed E-state index contributed by atoms with van der Waals surface area (Å²) in [5, 5.41) is 16.6. The van der Waals surface area contributed by atoms with Gasteiger partial charge in [0.2, 0.25) is 0 Å². The quantitative estimate of drug-likeness (QED) is 0.678. The first-order valence-electron chi connectivity index (χ1n) is 5.27. The molecule has 0 aliphatic heterocycles. The minimum Gasteiger partial charge on any atom is -0.371 e. The number of rotatable bonds is 4. The lowest BCUT2D eigenvalue weighted by Crippen LogP contribution is -2.27. The van der Waals surface area contributed by atoms with Gasteiger partial charge in [-0.3, -0.25) is 0 Å². The van der Waals surface area contributed by atoms with E-state index in [4.69, 9.17) is 0 Å². The largest absolute Gasteiger partial charge is 0.371 e. The molecule has 0 aliphatic carbocycles. The molecule has 2 aromatic heterocycles. The first-order chi connectivity index (χ1) is 8.49. The standard InChI is InChI=1S/C11H12N4O2S/c1-11(2,10-12-5-6-18-10)14-8-3-4-9(13-7-8)15(16)17/h3-7,14H,1-2H3. The Balaban J connectivity index is 2.16. The topological polar surface area (TPSA) is 81.0 Å². The molecule has 0 aliphatic rings. The van der Waals surface area contributed by atoms with Gasteiger partial charge in [0.1, 0.15) is 5.01 Å². The molecule has 0 unspecified atom stereocenters. The Labute approximate surface area is 108 Å². The summed E-state index contributed by atoms with van der Waals surface area (Å²) in [6, 6.07) is 3.01. The van der Waals surface area contributed by atoms with Crippen molar-refractivity contribution in [3.8, 4) is 0 Å². The zero-order valence-corrected chi connectivity index (χ0v) is 10.8. The van der Waals surface area contributed by atoms with Crippen molar-refractivity contribution in [2.75, 3.05) is 5.32 Å². The second kappa shape index (κ2) is 4.69. The Morgan fingerprint density at radius 1 is 1.39 bits per heavy atom. The van der Waals surface area contributed by atoms with Gasteiger partial charge in [-0.1, -0.05) is 0 Å². The fourth-order valence-electron chi connectivity index (χ4n) is 1.51. The molecule has 1 N–H and O–H groups in total. The smallest absolute Gasteiger partial charge is 0.363 e. The van der Waals surface area contributed by atoms with Crippen molar-refractivity contribution in [3.63, 3.8) is 0 Å². The predicted molar refractivity (Wildman–Crippen MR) is 69.7 cm³/mol. The first-order valence-corrected chi connectivity index (χ1v) is 6.15. The molecule has 0 saturated carbocycles. The van der Waals surface area contributed by atoms with Crippen LogP contribution in [-0.2, 0) is 5.54 Å². The summed E-state index contributed by atoms with van der Waals surface area (Å²) >= 11 is 1.55. The van der Waals surface area contributed by atoms with Gasteiger partial charge in [0, 0.05) is 17.6 Å². The van der Waals surface area contributed by atoms with E-state index in [9.17, 15) is 10.1 Å². The van der Waals surface area contributed by atoms with Crippen LogP contribution in [-0.4, -0.2) is 14.9 Å². The first kappa shape index (κ1) is 12.4. The van der Waals surface area contributed by atoms with Crippen LogP contribution in [0.5, 0.6) is 0 Å². The van der Waals surface area contributed by atoms with Gasteiger partial charge in [-0.25, -0.2) is 4.98 Å². The minimum absolute atomic E-state index is 0.160.